The molecular formula is C30H20N4OS. The summed E-state index contributed by atoms with van der Waals surface area (Å²) in [5.74, 6) is 0.775. The summed E-state index contributed by atoms with van der Waals surface area (Å²) < 4.78 is 8.08. The molecule has 0 N–H and O–H groups in total. The summed E-state index contributed by atoms with van der Waals surface area (Å²) in [6.45, 7) is 0. The van der Waals surface area contributed by atoms with Gasteiger partial charge in [-0.05, 0) is 52.1 Å². The SMILES string of the molecule is c1ccc(C2(c3cccc(Oc4cc(-n5cncn5)cs4)c3)c3ccccc3-c3ccccc32)nc1. The van der Waals surface area contributed by atoms with E-state index >= 15 is 0 Å². The number of hydrogen-bond acceptors (Lipinski definition) is 5. The van der Waals surface area contributed by atoms with Crippen molar-refractivity contribution in [2.24, 2.45) is 0 Å². The van der Waals surface area contributed by atoms with Gasteiger partial charge in [0.15, 0.2) is 5.06 Å². The van der Waals surface area contributed by atoms with Crippen molar-refractivity contribution in [3.05, 3.63) is 144 Å². The molecule has 3 heterocycles. The Labute approximate surface area is 212 Å². The molecule has 1 aliphatic rings. The normalized spacial score (nSPS) is 13.2. The number of nitrogens with zero attached hydrogens (tertiary/aromatic N) is 4. The topological polar surface area (TPSA) is 52.8 Å². The van der Waals surface area contributed by atoms with Gasteiger partial charge in [0.25, 0.3) is 0 Å². The molecule has 0 amide bonds. The van der Waals surface area contributed by atoms with Crippen molar-refractivity contribution in [1.82, 2.24) is 19.7 Å². The Morgan fingerprint density at radius 3 is 2.28 bits per heavy atom. The lowest BCUT2D eigenvalue weighted by atomic mass is 9.70. The molecule has 5 nitrogen and oxygen atoms in total. The van der Waals surface area contributed by atoms with Gasteiger partial charge in [-0.15, -0.1) is 11.3 Å². The van der Waals surface area contributed by atoms with E-state index in [4.69, 9.17) is 9.72 Å². The van der Waals surface area contributed by atoms with E-state index in [0.29, 0.717) is 0 Å². The zero-order chi connectivity index (χ0) is 24.0. The van der Waals surface area contributed by atoms with Gasteiger partial charge < -0.3 is 4.74 Å². The number of fused-ring (bicyclic) bond motifs is 3. The quantitative estimate of drug-likeness (QED) is 0.267. The van der Waals surface area contributed by atoms with Crippen LogP contribution < -0.4 is 4.74 Å². The second-order valence-corrected chi connectivity index (χ2v) is 9.52. The summed E-state index contributed by atoms with van der Waals surface area (Å²) in [5, 5.41) is 7.00. The number of benzene rings is 3. The third-order valence-corrected chi connectivity index (χ3v) is 7.52. The Balaban J connectivity index is 1.39. The fourth-order valence-corrected chi connectivity index (χ4v) is 6.03. The van der Waals surface area contributed by atoms with Gasteiger partial charge >= 0.3 is 0 Å². The molecule has 0 radical (unpaired) electrons. The Morgan fingerprint density at radius 1 is 0.778 bits per heavy atom. The lowest BCUT2D eigenvalue weighted by Gasteiger charge is -2.32. The van der Waals surface area contributed by atoms with Crippen LogP contribution in [0.3, 0.4) is 0 Å². The van der Waals surface area contributed by atoms with Gasteiger partial charge in [0.05, 0.1) is 16.8 Å². The van der Waals surface area contributed by atoms with Gasteiger partial charge in [0.2, 0.25) is 0 Å². The monoisotopic (exact) mass is 484 g/mol. The molecule has 0 saturated carbocycles. The molecule has 3 aromatic heterocycles. The van der Waals surface area contributed by atoms with E-state index in [1.165, 1.54) is 39.9 Å². The third kappa shape index (κ3) is 3.12. The highest BCUT2D eigenvalue weighted by Crippen LogP contribution is 2.55. The predicted octanol–water partition coefficient (Wildman–Crippen LogP) is 6.88. The first-order valence-electron chi connectivity index (χ1n) is 11.7. The van der Waals surface area contributed by atoms with E-state index in [1.807, 2.05) is 29.8 Å². The first-order chi connectivity index (χ1) is 17.8. The number of pyridine rings is 1. The maximum atomic E-state index is 6.35. The number of rotatable bonds is 5. The molecule has 36 heavy (non-hydrogen) atoms. The molecule has 0 fully saturated rings. The van der Waals surface area contributed by atoms with E-state index < -0.39 is 5.41 Å². The fraction of sp³-hybridized carbons (Fsp3) is 0.0333. The number of thiophene rings is 1. The average molecular weight is 485 g/mol. The first-order valence-corrected chi connectivity index (χ1v) is 12.5. The molecule has 0 bridgehead atoms. The van der Waals surface area contributed by atoms with Crippen molar-refractivity contribution in [2.45, 2.75) is 5.41 Å². The van der Waals surface area contributed by atoms with Crippen molar-refractivity contribution in [3.8, 4) is 27.6 Å². The van der Waals surface area contributed by atoms with Gasteiger partial charge in [0.1, 0.15) is 18.4 Å². The lowest BCUT2D eigenvalue weighted by Crippen LogP contribution is -2.29. The molecule has 0 saturated heterocycles. The zero-order valence-electron chi connectivity index (χ0n) is 19.2. The van der Waals surface area contributed by atoms with E-state index in [9.17, 15) is 0 Å². The molecule has 172 valence electrons. The summed E-state index contributed by atoms with van der Waals surface area (Å²) in [6, 6.07) is 33.8. The maximum absolute atomic E-state index is 6.35. The van der Waals surface area contributed by atoms with Gasteiger partial charge in [-0.3, -0.25) is 4.98 Å². The van der Waals surface area contributed by atoms with Gasteiger partial charge in [-0.25, -0.2) is 9.67 Å². The summed E-state index contributed by atoms with van der Waals surface area (Å²) in [7, 11) is 0. The number of ether oxygens (including phenoxy) is 1. The lowest BCUT2D eigenvalue weighted by molar-refractivity contribution is 0.494. The van der Waals surface area contributed by atoms with Gasteiger partial charge in [-0.2, -0.15) is 5.10 Å². The summed E-state index contributed by atoms with van der Waals surface area (Å²) >= 11 is 1.53. The Bertz CT molecular complexity index is 1630. The molecule has 0 atom stereocenters. The van der Waals surface area contributed by atoms with Crippen molar-refractivity contribution < 1.29 is 4.74 Å². The van der Waals surface area contributed by atoms with Crippen LogP contribution in [0.5, 0.6) is 10.8 Å². The van der Waals surface area contributed by atoms with Crippen LogP contribution in [-0.4, -0.2) is 19.7 Å². The summed E-state index contributed by atoms with van der Waals surface area (Å²) in [5.41, 5.74) is 7.41. The summed E-state index contributed by atoms with van der Waals surface area (Å²) in [6.07, 6.45) is 5.08. The van der Waals surface area contributed by atoms with Gasteiger partial charge in [-0.1, -0.05) is 66.7 Å². The molecule has 6 heteroatoms. The molecule has 0 unspecified atom stereocenters. The van der Waals surface area contributed by atoms with Gasteiger partial charge in [0, 0.05) is 17.6 Å². The maximum Gasteiger partial charge on any atom is 0.183 e. The van der Waals surface area contributed by atoms with Crippen LogP contribution in [0, 0.1) is 0 Å². The van der Waals surface area contributed by atoms with Crippen LogP contribution in [0.2, 0.25) is 0 Å². The largest absolute Gasteiger partial charge is 0.447 e. The zero-order valence-corrected chi connectivity index (χ0v) is 20.0. The molecular weight excluding hydrogens is 464 g/mol. The first kappa shape index (κ1) is 20.8. The van der Waals surface area contributed by atoms with Crippen LogP contribution in [0.25, 0.3) is 16.8 Å². The average Bonchev–Trinajstić information content (AvgIpc) is 3.68. The molecule has 0 aliphatic heterocycles. The highest BCUT2D eigenvalue weighted by molar-refractivity contribution is 7.12. The Morgan fingerprint density at radius 2 is 1.56 bits per heavy atom. The fourth-order valence-electron chi connectivity index (χ4n) is 5.29. The molecule has 7 rings (SSSR count). The van der Waals surface area contributed by atoms with Crippen molar-refractivity contribution >= 4 is 11.3 Å². The van der Waals surface area contributed by atoms with Crippen LogP contribution in [0.15, 0.2) is 121 Å². The second kappa shape index (κ2) is 8.29. The molecule has 3 aromatic carbocycles. The highest BCUT2D eigenvalue weighted by Gasteiger charge is 2.47. The minimum absolute atomic E-state index is 0.546. The predicted molar refractivity (Wildman–Crippen MR) is 141 cm³/mol. The van der Waals surface area contributed by atoms with Crippen LogP contribution in [-0.2, 0) is 5.41 Å². The van der Waals surface area contributed by atoms with Crippen molar-refractivity contribution in [1.29, 1.82) is 0 Å². The summed E-state index contributed by atoms with van der Waals surface area (Å²) in [4.78, 5) is 8.93. The van der Waals surface area contributed by atoms with Crippen LogP contribution in [0.1, 0.15) is 22.4 Å². The minimum atomic E-state index is -0.546. The molecule has 0 spiro atoms. The minimum Gasteiger partial charge on any atom is -0.447 e. The standard InChI is InChI=1S/C30H20N4OS/c1-3-12-26-24(10-1)25-11-2-4-13-27(25)30(26,28-14-5-6-15-32-28)21-8-7-9-23(16-21)35-29-17-22(18-36-29)34-20-31-19-33-34/h1-20H. The van der Waals surface area contributed by atoms with E-state index in [-0.39, 0.29) is 0 Å². The van der Waals surface area contributed by atoms with Crippen molar-refractivity contribution in [2.75, 3.05) is 0 Å². The van der Waals surface area contributed by atoms with Crippen LogP contribution >= 0.6 is 11.3 Å². The van der Waals surface area contributed by atoms with Crippen molar-refractivity contribution in [3.63, 3.8) is 0 Å². The van der Waals surface area contributed by atoms with E-state index in [2.05, 4.69) is 88.9 Å². The second-order valence-electron chi connectivity index (χ2n) is 8.65. The van der Waals surface area contributed by atoms with E-state index in [1.54, 1.807) is 11.0 Å². The smallest absolute Gasteiger partial charge is 0.183 e. The number of hydrogen-bond donors (Lipinski definition) is 0. The molecule has 6 aromatic rings. The number of aromatic nitrogens is 4. The van der Waals surface area contributed by atoms with Crippen LogP contribution in [0.4, 0.5) is 0 Å². The third-order valence-electron chi connectivity index (χ3n) is 6.73. The van der Waals surface area contributed by atoms with E-state index in [0.717, 1.165) is 27.8 Å². The highest BCUT2D eigenvalue weighted by atomic mass is 32.1. The Hall–Kier alpha value is -4.55. The molecule has 1 aliphatic carbocycles. The Kier molecular flexibility index (Phi) is 4.79.